The van der Waals surface area contributed by atoms with Gasteiger partial charge in [-0.25, -0.2) is 0 Å². The van der Waals surface area contributed by atoms with Crippen LogP contribution in [0.5, 0.6) is 11.5 Å². The summed E-state index contributed by atoms with van der Waals surface area (Å²) in [7, 11) is 3.20. The zero-order valence-corrected chi connectivity index (χ0v) is 17.7. The molecule has 0 saturated heterocycles. The Bertz CT molecular complexity index is 875. The molecule has 2 aromatic rings. The smallest absolute Gasteiger partial charge is 0.253 e. The van der Waals surface area contributed by atoms with Gasteiger partial charge in [0, 0.05) is 12.5 Å². The maximum Gasteiger partial charge on any atom is 0.253 e. The number of ether oxygens (including phenoxy) is 2. The van der Waals surface area contributed by atoms with Crippen molar-refractivity contribution in [2.24, 2.45) is 5.92 Å². The molecule has 3 rings (SSSR count). The van der Waals surface area contributed by atoms with Crippen LogP contribution in [0.2, 0.25) is 0 Å². The Labute approximate surface area is 178 Å². The molecular weight excluding hydrogens is 380 g/mol. The highest BCUT2D eigenvalue weighted by Gasteiger charge is 2.22. The van der Waals surface area contributed by atoms with Gasteiger partial charge in [0.25, 0.3) is 5.91 Å². The van der Waals surface area contributed by atoms with Crippen molar-refractivity contribution in [3.05, 3.63) is 53.6 Å². The number of hydrogen-bond acceptors (Lipinski definition) is 4. The molecule has 160 valence electrons. The van der Waals surface area contributed by atoms with Gasteiger partial charge < -0.3 is 20.1 Å². The van der Waals surface area contributed by atoms with Gasteiger partial charge in [0.2, 0.25) is 5.91 Å². The van der Waals surface area contributed by atoms with Crippen molar-refractivity contribution in [3.63, 3.8) is 0 Å². The number of carbonyl (C=O) groups excluding carboxylic acids is 2. The molecule has 2 N–H and O–H groups in total. The lowest BCUT2D eigenvalue weighted by atomic mass is 9.88. The first-order valence-electron chi connectivity index (χ1n) is 10.5. The third-order valence-electron chi connectivity index (χ3n) is 5.55. The lowest BCUT2D eigenvalue weighted by Crippen LogP contribution is -2.29. The zero-order chi connectivity index (χ0) is 21.3. The molecule has 0 radical (unpaired) electrons. The third-order valence-corrected chi connectivity index (χ3v) is 5.55. The number of carbonyl (C=O) groups is 2. The van der Waals surface area contributed by atoms with Crippen LogP contribution < -0.4 is 20.1 Å². The maximum atomic E-state index is 12.7. The number of hydrogen-bond donors (Lipinski definition) is 2. The van der Waals surface area contributed by atoms with E-state index in [2.05, 4.69) is 10.6 Å². The third kappa shape index (κ3) is 5.53. The van der Waals surface area contributed by atoms with Gasteiger partial charge in [-0.3, -0.25) is 9.59 Å². The van der Waals surface area contributed by atoms with Crippen molar-refractivity contribution in [1.29, 1.82) is 0 Å². The molecule has 6 nitrogen and oxygen atoms in total. The Morgan fingerprint density at radius 3 is 2.43 bits per heavy atom. The molecule has 0 unspecified atom stereocenters. The standard InChI is InChI=1S/C24H30N2O4/c1-29-21-13-12-17(16-22(21)30-2)14-15-25-24(28)19-10-6-7-11-20(19)26-23(27)18-8-4-3-5-9-18/h6-7,10-13,16,18H,3-5,8-9,14-15H2,1-2H3,(H,25,28)(H,26,27). The van der Waals surface area contributed by atoms with Crippen LogP contribution in [0.15, 0.2) is 42.5 Å². The number of benzene rings is 2. The fourth-order valence-electron chi connectivity index (χ4n) is 3.84. The normalized spacial score (nSPS) is 14.1. The summed E-state index contributed by atoms with van der Waals surface area (Å²) < 4.78 is 10.6. The van der Waals surface area contributed by atoms with Crippen molar-refractivity contribution in [3.8, 4) is 11.5 Å². The SMILES string of the molecule is COc1ccc(CCNC(=O)c2ccccc2NC(=O)C2CCCCC2)cc1OC. The van der Waals surface area contributed by atoms with Crippen molar-refractivity contribution in [1.82, 2.24) is 5.32 Å². The minimum absolute atomic E-state index is 0.0141. The van der Waals surface area contributed by atoms with E-state index in [4.69, 9.17) is 9.47 Å². The number of methoxy groups -OCH3 is 2. The number of rotatable bonds is 8. The van der Waals surface area contributed by atoms with Crippen LogP contribution in [-0.4, -0.2) is 32.6 Å². The van der Waals surface area contributed by atoms with Gasteiger partial charge >= 0.3 is 0 Å². The monoisotopic (exact) mass is 410 g/mol. The largest absolute Gasteiger partial charge is 0.493 e. The molecule has 2 aromatic carbocycles. The Hall–Kier alpha value is -3.02. The molecular formula is C24H30N2O4. The molecule has 30 heavy (non-hydrogen) atoms. The topological polar surface area (TPSA) is 76.7 Å². The van der Waals surface area contributed by atoms with Crippen LogP contribution in [0.4, 0.5) is 5.69 Å². The summed E-state index contributed by atoms with van der Waals surface area (Å²) in [6.07, 6.45) is 5.88. The van der Waals surface area contributed by atoms with Gasteiger partial charge in [-0.1, -0.05) is 37.5 Å². The van der Waals surface area contributed by atoms with Crippen LogP contribution in [0.25, 0.3) is 0 Å². The average molecular weight is 411 g/mol. The number of amides is 2. The van der Waals surface area contributed by atoms with E-state index < -0.39 is 0 Å². The molecule has 1 saturated carbocycles. The van der Waals surface area contributed by atoms with Crippen LogP contribution in [-0.2, 0) is 11.2 Å². The first kappa shape index (κ1) is 21.7. The van der Waals surface area contributed by atoms with Gasteiger partial charge in [0.15, 0.2) is 11.5 Å². The van der Waals surface area contributed by atoms with Crippen molar-refractivity contribution in [2.75, 3.05) is 26.1 Å². The summed E-state index contributed by atoms with van der Waals surface area (Å²) in [5, 5.41) is 5.91. The van der Waals surface area contributed by atoms with Crippen molar-refractivity contribution < 1.29 is 19.1 Å². The molecule has 0 aliphatic heterocycles. The molecule has 0 bridgehead atoms. The molecule has 1 aliphatic carbocycles. The van der Waals surface area contributed by atoms with E-state index in [1.807, 2.05) is 24.3 Å². The predicted molar refractivity (Wildman–Crippen MR) is 117 cm³/mol. The average Bonchev–Trinajstić information content (AvgIpc) is 2.79. The Balaban J connectivity index is 1.58. The van der Waals surface area contributed by atoms with Crippen molar-refractivity contribution >= 4 is 17.5 Å². The summed E-state index contributed by atoms with van der Waals surface area (Å²) in [6.45, 7) is 0.471. The van der Waals surface area contributed by atoms with Gasteiger partial charge in [-0.05, 0) is 49.1 Å². The number of anilines is 1. The molecule has 1 fully saturated rings. The van der Waals surface area contributed by atoms with Crippen LogP contribution in [0, 0.1) is 5.92 Å². The van der Waals surface area contributed by atoms with E-state index in [1.165, 1.54) is 6.42 Å². The summed E-state index contributed by atoms with van der Waals surface area (Å²) >= 11 is 0. The van der Waals surface area contributed by atoms with E-state index in [9.17, 15) is 9.59 Å². The Morgan fingerprint density at radius 1 is 0.967 bits per heavy atom. The quantitative estimate of drug-likeness (QED) is 0.684. The van der Waals surface area contributed by atoms with Gasteiger partial charge in [-0.2, -0.15) is 0 Å². The van der Waals surface area contributed by atoms with Crippen LogP contribution in [0.3, 0.4) is 0 Å². The molecule has 0 heterocycles. The summed E-state index contributed by atoms with van der Waals surface area (Å²) in [6, 6.07) is 12.9. The van der Waals surface area contributed by atoms with E-state index >= 15 is 0 Å². The van der Waals surface area contributed by atoms with Gasteiger partial charge in [0.1, 0.15) is 0 Å². The first-order chi connectivity index (χ1) is 14.6. The lowest BCUT2D eigenvalue weighted by molar-refractivity contribution is -0.120. The minimum atomic E-state index is -0.199. The highest BCUT2D eigenvalue weighted by Crippen LogP contribution is 2.28. The maximum absolute atomic E-state index is 12.7. The molecule has 6 heteroatoms. The van der Waals surface area contributed by atoms with Gasteiger partial charge in [0.05, 0.1) is 25.5 Å². The second kappa shape index (κ2) is 10.7. The van der Waals surface area contributed by atoms with E-state index in [1.54, 1.807) is 32.4 Å². The first-order valence-corrected chi connectivity index (χ1v) is 10.5. The predicted octanol–water partition coefficient (Wildman–Crippen LogP) is 4.20. The Kier molecular flexibility index (Phi) is 7.71. The van der Waals surface area contributed by atoms with E-state index in [0.717, 1.165) is 31.2 Å². The van der Waals surface area contributed by atoms with Crippen LogP contribution in [0.1, 0.15) is 48.0 Å². The lowest BCUT2D eigenvalue weighted by Gasteiger charge is -2.21. The van der Waals surface area contributed by atoms with E-state index in [-0.39, 0.29) is 17.7 Å². The summed E-state index contributed by atoms with van der Waals surface area (Å²) in [5.41, 5.74) is 2.08. The fraction of sp³-hybridized carbons (Fsp3) is 0.417. The summed E-state index contributed by atoms with van der Waals surface area (Å²) in [4.78, 5) is 25.3. The molecule has 0 aromatic heterocycles. The second-order valence-corrected chi connectivity index (χ2v) is 7.57. The second-order valence-electron chi connectivity index (χ2n) is 7.57. The fourth-order valence-corrected chi connectivity index (χ4v) is 3.84. The Morgan fingerprint density at radius 2 is 1.70 bits per heavy atom. The highest BCUT2D eigenvalue weighted by molar-refractivity contribution is 6.04. The highest BCUT2D eigenvalue weighted by atomic mass is 16.5. The van der Waals surface area contributed by atoms with Gasteiger partial charge in [-0.15, -0.1) is 0 Å². The minimum Gasteiger partial charge on any atom is -0.493 e. The molecule has 0 atom stereocenters. The molecule has 0 spiro atoms. The molecule has 2 amide bonds. The van der Waals surface area contributed by atoms with E-state index in [0.29, 0.717) is 35.7 Å². The number of para-hydroxylation sites is 1. The van der Waals surface area contributed by atoms with Crippen LogP contribution >= 0.6 is 0 Å². The molecule has 1 aliphatic rings. The number of nitrogens with one attached hydrogen (secondary N) is 2. The zero-order valence-electron chi connectivity index (χ0n) is 17.7. The summed E-state index contributed by atoms with van der Waals surface area (Å²) in [5.74, 6) is 1.19. The van der Waals surface area contributed by atoms with Crippen molar-refractivity contribution in [2.45, 2.75) is 38.5 Å².